The summed E-state index contributed by atoms with van der Waals surface area (Å²) in [5.74, 6) is -0.125. The molecule has 2 fully saturated rings. The number of amides is 1. The first-order chi connectivity index (χ1) is 11.6. The minimum absolute atomic E-state index is 0.0887. The van der Waals surface area contributed by atoms with Gasteiger partial charge in [0.05, 0.1) is 5.41 Å². The van der Waals surface area contributed by atoms with Crippen LogP contribution in [0, 0.1) is 11.2 Å². The van der Waals surface area contributed by atoms with Crippen molar-refractivity contribution >= 4 is 5.91 Å². The number of carbonyl (C=O) groups excluding carboxylic acids is 1. The number of benzene rings is 1. The summed E-state index contributed by atoms with van der Waals surface area (Å²) in [5.41, 5.74) is 0.136. The number of nitrogens with one attached hydrogen (secondary N) is 1. The van der Waals surface area contributed by atoms with Crippen molar-refractivity contribution in [1.29, 1.82) is 0 Å². The summed E-state index contributed by atoms with van der Waals surface area (Å²) in [5, 5.41) is 3.22. The first-order valence-electron chi connectivity index (χ1n) is 8.90. The van der Waals surface area contributed by atoms with E-state index in [9.17, 15) is 9.18 Å². The number of ether oxygens (including phenoxy) is 1. The molecule has 2 heterocycles. The second kappa shape index (κ2) is 7.62. The fourth-order valence-electron chi connectivity index (χ4n) is 3.72. The van der Waals surface area contributed by atoms with Crippen molar-refractivity contribution in [3.05, 3.63) is 35.6 Å². The van der Waals surface area contributed by atoms with Crippen LogP contribution in [0.25, 0.3) is 0 Å². The molecule has 24 heavy (non-hydrogen) atoms. The summed E-state index contributed by atoms with van der Waals surface area (Å²) in [6, 6.07) is 7.01. The highest BCUT2D eigenvalue weighted by molar-refractivity contribution is 5.83. The molecule has 2 saturated heterocycles. The van der Waals surface area contributed by atoms with Gasteiger partial charge in [0.2, 0.25) is 5.91 Å². The van der Waals surface area contributed by atoms with Crippen LogP contribution in [-0.2, 0) is 16.0 Å². The maximum atomic E-state index is 14.2. The van der Waals surface area contributed by atoms with Gasteiger partial charge in [-0.05, 0) is 63.9 Å². The van der Waals surface area contributed by atoms with Crippen LogP contribution in [0.2, 0.25) is 0 Å². The predicted molar refractivity (Wildman–Crippen MR) is 91.3 cm³/mol. The molecule has 1 aromatic rings. The Kier molecular flexibility index (Phi) is 5.51. The van der Waals surface area contributed by atoms with Crippen molar-refractivity contribution in [2.45, 2.75) is 38.1 Å². The fourth-order valence-corrected chi connectivity index (χ4v) is 3.72. The van der Waals surface area contributed by atoms with Crippen LogP contribution in [-0.4, -0.2) is 50.2 Å². The van der Waals surface area contributed by atoms with Crippen LogP contribution in [0.1, 0.15) is 31.2 Å². The van der Waals surface area contributed by atoms with E-state index in [1.165, 1.54) is 6.07 Å². The van der Waals surface area contributed by atoms with Crippen molar-refractivity contribution in [2.24, 2.45) is 5.41 Å². The lowest BCUT2D eigenvalue weighted by Gasteiger charge is -2.40. The average molecular weight is 334 g/mol. The van der Waals surface area contributed by atoms with Crippen LogP contribution in [0.5, 0.6) is 0 Å². The largest absolute Gasteiger partial charge is 0.381 e. The molecule has 0 bridgehead atoms. The van der Waals surface area contributed by atoms with E-state index < -0.39 is 5.41 Å². The average Bonchev–Trinajstić information content (AvgIpc) is 2.60. The molecule has 0 radical (unpaired) electrons. The third kappa shape index (κ3) is 3.95. The van der Waals surface area contributed by atoms with Gasteiger partial charge in [-0.3, -0.25) is 4.79 Å². The Morgan fingerprint density at radius 3 is 2.62 bits per heavy atom. The van der Waals surface area contributed by atoms with E-state index in [0.717, 1.165) is 38.8 Å². The molecule has 132 valence electrons. The number of rotatable bonds is 4. The highest BCUT2D eigenvalue weighted by Crippen LogP contribution is 2.36. The Morgan fingerprint density at radius 2 is 1.96 bits per heavy atom. The predicted octanol–water partition coefficient (Wildman–Crippen LogP) is 2.38. The first kappa shape index (κ1) is 17.4. The van der Waals surface area contributed by atoms with E-state index in [4.69, 9.17) is 4.74 Å². The monoisotopic (exact) mass is 334 g/mol. The van der Waals surface area contributed by atoms with Crippen LogP contribution in [0.3, 0.4) is 0 Å². The Labute approximate surface area is 143 Å². The van der Waals surface area contributed by atoms with Crippen molar-refractivity contribution in [3.8, 4) is 0 Å². The second-order valence-electron chi connectivity index (χ2n) is 7.21. The van der Waals surface area contributed by atoms with E-state index in [1.54, 1.807) is 12.1 Å². The molecular formula is C19H27FN2O2. The third-order valence-corrected chi connectivity index (χ3v) is 5.47. The number of halogens is 1. The van der Waals surface area contributed by atoms with Gasteiger partial charge in [-0.1, -0.05) is 18.2 Å². The minimum atomic E-state index is -0.507. The van der Waals surface area contributed by atoms with Gasteiger partial charge < -0.3 is 15.0 Å². The van der Waals surface area contributed by atoms with Crippen molar-refractivity contribution in [3.63, 3.8) is 0 Å². The standard InChI is InChI=1S/C19H27FN2O2/c1-22-10-8-19(9-11-22,14-15-4-2-3-5-17(15)20)18(23)21-16-6-12-24-13-7-16/h2-5,16H,6-14H2,1H3,(H,21,23). The van der Waals surface area contributed by atoms with Crippen LogP contribution in [0.15, 0.2) is 24.3 Å². The van der Waals surface area contributed by atoms with Crippen molar-refractivity contribution in [2.75, 3.05) is 33.4 Å². The molecule has 5 heteroatoms. The van der Waals surface area contributed by atoms with Crippen LogP contribution >= 0.6 is 0 Å². The Morgan fingerprint density at radius 1 is 1.29 bits per heavy atom. The fraction of sp³-hybridized carbons (Fsp3) is 0.632. The van der Waals surface area contributed by atoms with Gasteiger partial charge in [0.15, 0.2) is 0 Å². The van der Waals surface area contributed by atoms with E-state index in [1.807, 2.05) is 6.07 Å². The maximum absolute atomic E-state index is 14.2. The number of hydrogen-bond acceptors (Lipinski definition) is 3. The van der Waals surface area contributed by atoms with E-state index in [2.05, 4.69) is 17.3 Å². The topological polar surface area (TPSA) is 41.6 Å². The van der Waals surface area contributed by atoms with Crippen molar-refractivity contribution < 1.29 is 13.9 Å². The Bertz CT molecular complexity index is 564. The first-order valence-corrected chi connectivity index (χ1v) is 8.90. The molecule has 0 unspecified atom stereocenters. The molecule has 0 aliphatic carbocycles. The Balaban J connectivity index is 1.77. The van der Waals surface area contributed by atoms with Gasteiger partial charge in [-0.2, -0.15) is 0 Å². The van der Waals surface area contributed by atoms with E-state index in [0.29, 0.717) is 25.2 Å². The van der Waals surface area contributed by atoms with E-state index >= 15 is 0 Å². The van der Waals surface area contributed by atoms with Gasteiger partial charge >= 0.3 is 0 Å². The Hall–Kier alpha value is -1.46. The van der Waals surface area contributed by atoms with Crippen LogP contribution < -0.4 is 5.32 Å². The SMILES string of the molecule is CN1CCC(Cc2ccccc2F)(C(=O)NC2CCOCC2)CC1. The zero-order valence-electron chi connectivity index (χ0n) is 14.4. The number of likely N-dealkylation sites (tertiary alicyclic amines) is 1. The molecule has 1 amide bonds. The number of nitrogens with zero attached hydrogens (tertiary/aromatic N) is 1. The molecule has 0 saturated carbocycles. The van der Waals surface area contributed by atoms with Crippen molar-refractivity contribution in [1.82, 2.24) is 10.2 Å². The second-order valence-corrected chi connectivity index (χ2v) is 7.21. The molecule has 0 atom stereocenters. The molecule has 4 nitrogen and oxygen atoms in total. The number of hydrogen-bond donors (Lipinski definition) is 1. The zero-order valence-corrected chi connectivity index (χ0v) is 14.4. The minimum Gasteiger partial charge on any atom is -0.381 e. The van der Waals surface area contributed by atoms with Gasteiger partial charge in [0.1, 0.15) is 5.82 Å². The smallest absolute Gasteiger partial charge is 0.226 e. The summed E-state index contributed by atoms with van der Waals surface area (Å²) in [4.78, 5) is 15.4. The van der Waals surface area contributed by atoms with Crippen LogP contribution in [0.4, 0.5) is 4.39 Å². The summed E-state index contributed by atoms with van der Waals surface area (Å²) >= 11 is 0. The molecule has 3 rings (SSSR count). The van der Waals surface area contributed by atoms with Gasteiger partial charge in [0, 0.05) is 19.3 Å². The van der Waals surface area contributed by atoms with Gasteiger partial charge in [-0.15, -0.1) is 0 Å². The lowest BCUT2D eigenvalue weighted by atomic mass is 9.72. The van der Waals surface area contributed by atoms with Gasteiger partial charge in [-0.25, -0.2) is 4.39 Å². The maximum Gasteiger partial charge on any atom is 0.226 e. The lowest BCUT2D eigenvalue weighted by Crippen LogP contribution is -2.52. The molecule has 2 aliphatic rings. The number of carbonyl (C=O) groups is 1. The third-order valence-electron chi connectivity index (χ3n) is 5.47. The molecule has 0 aromatic heterocycles. The lowest BCUT2D eigenvalue weighted by molar-refractivity contribution is -0.135. The molecule has 1 N–H and O–H groups in total. The quantitative estimate of drug-likeness (QED) is 0.919. The summed E-state index contributed by atoms with van der Waals surface area (Å²) < 4.78 is 19.5. The zero-order chi connectivity index (χ0) is 17.0. The highest BCUT2D eigenvalue weighted by atomic mass is 19.1. The summed E-state index contributed by atoms with van der Waals surface area (Å²) in [7, 11) is 2.07. The number of piperidine rings is 1. The normalized spacial score (nSPS) is 22.2. The van der Waals surface area contributed by atoms with Gasteiger partial charge in [0.25, 0.3) is 0 Å². The molecular weight excluding hydrogens is 307 g/mol. The highest BCUT2D eigenvalue weighted by Gasteiger charge is 2.42. The summed E-state index contributed by atoms with van der Waals surface area (Å²) in [6.07, 6.45) is 3.74. The molecule has 1 aromatic carbocycles. The molecule has 0 spiro atoms. The summed E-state index contributed by atoms with van der Waals surface area (Å²) in [6.45, 7) is 3.15. The van der Waals surface area contributed by atoms with E-state index in [-0.39, 0.29) is 17.8 Å². The molecule has 2 aliphatic heterocycles.